The van der Waals surface area contributed by atoms with Crippen LogP contribution in [0.2, 0.25) is 10.0 Å². The van der Waals surface area contributed by atoms with E-state index < -0.39 is 17.8 Å². The maximum atomic E-state index is 12.0. The number of benzene rings is 2. The lowest BCUT2D eigenvalue weighted by Crippen LogP contribution is -2.32. The van der Waals surface area contributed by atoms with Crippen molar-refractivity contribution in [3.63, 3.8) is 0 Å². The van der Waals surface area contributed by atoms with Crippen LogP contribution in [-0.4, -0.2) is 31.4 Å². The Hall–Kier alpha value is -2.57. The molecule has 0 heterocycles. The molecule has 0 aliphatic rings. The number of anilines is 1. The van der Waals surface area contributed by atoms with Gasteiger partial charge in [0.05, 0.1) is 29.9 Å². The number of carbonyl (C=O) groups is 3. The Balaban J connectivity index is 1.92. The predicted molar refractivity (Wildman–Crippen MR) is 95.2 cm³/mol. The maximum absolute atomic E-state index is 12.0. The van der Waals surface area contributed by atoms with E-state index in [2.05, 4.69) is 15.4 Å². The van der Waals surface area contributed by atoms with Crippen molar-refractivity contribution in [3.8, 4) is 0 Å². The van der Waals surface area contributed by atoms with Crippen molar-refractivity contribution in [2.24, 2.45) is 0 Å². The second-order valence-corrected chi connectivity index (χ2v) is 5.77. The molecule has 130 valence electrons. The van der Waals surface area contributed by atoms with E-state index in [4.69, 9.17) is 23.2 Å². The summed E-state index contributed by atoms with van der Waals surface area (Å²) < 4.78 is 4.58. The Kier molecular flexibility index (Phi) is 6.38. The van der Waals surface area contributed by atoms with E-state index in [0.29, 0.717) is 26.9 Å². The number of amides is 2. The van der Waals surface area contributed by atoms with Gasteiger partial charge in [0.1, 0.15) is 0 Å². The third-order valence-electron chi connectivity index (χ3n) is 3.18. The van der Waals surface area contributed by atoms with Crippen LogP contribution < -0.4 is 10.6 Å². The van der Waals surface area contributed by atoms with E-state index in [0.717, 1.165) is 0 Å². The van der Waals surface area contributed by atoms with Gasteiger partial charge in [0.25, 0.3) is 5.91 Å². The fraction of sp³-hybridized carbons (Fsp3) is 0.118. The summed E-state index contributed by atoms with van der Waals surface area (Å²) in [4.78, 5) is 35.3. The molecule has 2 aromatic carbocycles. The van der Waals surface area contributed by atoms with Gasteiger partial charge in [-0.2, -0.15) is 0 Å². The molecule has 0 atom stereocenters. The minimum absolute atomic E-state index is 0.250. The number of ether oxygens (including phenoxy) is 1. The number of carbonyl (C=O) groups excluding carboxylic acids is 3. The third-order valence-corrected chi connectivity index (χ3v) is 3.74. The van der Waals surface area contributed by atoms with Gasteiger partial charge >= 0.3 is 5.97 Å². The van der Waals surface area contributed by atoms with Crippen molar-refractivity contribution in [2.75, 3.05) is 19.0 Å². The van der Waals surface area contributed by atoms with E-state index in [1.165, 1.54) is 37.4 Å². The zero-order chi connectivity index (χ0) is 18.4. The summed E-state index contributed by atoms with van der Waals surface area (Å²) in [6.45, 7) is -0.250. The number of esters is 1. The SMILES string of the molecule is COC(=O)c1ccc(C(=O)NCC(=O)Nc2cc(Cl)ccc2Cl)cc1. The Labute approximate surface area is 154 Å². The number of methoxy groups -OCH3 is 1. The van der Waals surface area contributed by atoms with Gasteiger partial charge in [-0.25, -0.2) is 4.79 Å². The third kappa shape index (κ3) is 5.20. The number of halogens is 2. The Morgan fingerprint density at radius 1 is 1.00 bits per heavy atom. The van der Waals surface area contributed by atoms with Crippen LogP contribution in [0.3, 0.4) is 0 Å². The first-order valence-corrected chi connectivity index (χ1v) is 7.88. The molecule has 2 amide bonds. The van der Waals surface area contributed by atoms with Gasteiger partial charge in [-0.05, 0) is 42.5 Å². The van der Waals surface area contributed by atoms with E-state index in [1.807, 2.05) is 0 Å². The van der Waals surface area contributed by atoms with Gasteiger partial charge in [-0.15, -0.1) is 0 Å². The largest absolute Gasteiger partial charge is 0.465 e. The van der Waals surface area contributed by atoms with Gasteiger partial charge in [0.2, 0.25) is 5.91 Å². The van der Waals surface area contributed by atoms with Crippen molar-refractivity contribution in [1.82, 2.24) is 5.32 Å². The first-order valence-electron chi connectivity index (χ1n) is 7.12. The first kappa shape index (κ1) is 18.8. The highest BCUT2D eigenvalue weighted by atomic mass is 35.5. The van der Waals surface area contributed by atoms with Gasteiger partial charge in [-0.3, -0.25) is 9.59 Å². The lowest BCUT2D eigenvalue weighted by atomic mass is 10.1. The van der Waals surface area contributed by atoms with Crippen LogP contribution in [0.5, 0.6) is 0 Å². The molecule has 8 heteroatoms. The second-order valence-electron chi connectivity index (χ2n) is 4.92. The number of rotatable bonds is 5. The Morgan fingerprint density at radius 3 is 2.28 bits per heavy atom. The van der Waals surface area contributed by atoms with Gasteiger partial charge in [-0.1, -0.05) is 23.2 Å². The quantitative estimate of drug-likeness (QED) is 0.780. The topological polar surface area (TPSA) is 84.5 Å². The number of hydrogen-bond donors (Lipinski definition) is 2. The van der Waals surface area contributed by atoms with Gasteiger partial charge < -0.3 is 15.4 Å². The summed E-state index contributed by atoms with van der Waals surface area (Å²) in [6.07, 6.45) is 0. The van der Waals surface area contributed by atoms with Crippen LogP contribution >= 0.6 is 23.2 Å². The maximum Gasteiger partial charge on any atom is 0.337 e. The molecule has 6 nitrogen and oxygen atoms in total. The van der Waals surface area contributed by atoms with Crippen molar-refractivity contribution in [2.45, 2.75) is 0 Å². The zero-order valence-electron chi connectivity index (χ0n) is 13.1. The minimum atomic E-state index is -0.496. The van der Waals surface area contributed by atoms with Crippen LogP contribution in [-0.2, 0) is 9.53 Å². The molecular formula is C17H14Cl2N2O4. The van der Waals surface area contributed by atoms with Crippen molar-refractivity contribution in [3.05, 3.63) is 63.6 Å². The van der Waals surface area contributed by atoms with E-state index >= 15 is 0 Å². The van der Waals surface area contributed by atoms with Gasteiger partial charge in [0.15, 0.2) is 0 Å². The van der Waals surface area contributed by atoms with Crippen LogP contribution in [0, 0.1) is 0 Å². The summed E-state index contributed by atoms with van der Waals surface area (Å²) in [6, 6.07) is 10.5. The molecule has 0 bridgehead atoms. The van der Waals surface area contributed by atoms with E-state index in [9.17, 15) is 14.4 Å². The van der Waals surface area contributed by atoms with Crippen LogP contribution in [0.1, 0.15) is 20.7 Å². The van der Waals surface area contributed by atoms with E-state index in [1.54, 1.807) is 12.1 Å². The highest BCUT2D eigenvalue weighted by Crippen LogP contribution is 2.25. The molecule has 0 aromatic heterocycles. The van der Waals surface area contributed by atoms with Crippen LogP contribution in [0.4, 0.5) is 5.69 Å². The molecule has 0 radical (unpaired) electrons. The molecule has 25 heavy (non-hydrogen) atoms. The Morgan fingerprint density at radius 2 is 1.64 bits per heavy atom. The monoisotopic (exact) mass is 380 g/mol. The molecule has 2 rings (SSSR count). The summed E-state index contributed by atoms with van der Waals surface area (Å²) >= 11 is 11.8. The lowest BCUT2D eigenvalue weighted by molar-refractivity contribution is -0.115. The minimum Gasteiger partial charge on any atom is -0.465 e. The summed E-state index contributed by atoms with van der Waals surface area (Å²) in [5.74, 6) is -1.41. The molecule has 0 fully saturated rings. The fourth-order valence-corrected chi connectivity index (χ4v) is 2.26. The van der Waals surface area contributed by atoms with Gasteiger partial charge in [0, 0.05) is 10.6 Å². The molecule has 2 aromatic rings. The van der Waals surface area contributed by atoms with E-state index in [-0.39, 0.29) is 6.54 Å². The smallest absolute Gasteiger partial charge is 0.337 e. The molecule has 0 saturated carbocycles. The average Bonchev–Trinajstić information content (AvgIpc) is 2.62. The van der Waals surface area contributed by atoms with Crippen molar-refractivity contribution < 1.29 is 19.1 Å². The van der Waals surface area contributed by atoms with Crippen LogP contribution in [0.25, 0.3) is 0 Å². The molecular weight excluding hydrogens is 367 g/mol. The summed E-state index contributed by atoms with van der Waals surface area (Å²) in [5, 5.41) is 5.79. The molecule has 0 aliphatic carbocycles. The molecule has 0 aliphatic heterocycles. The molecule has 0 spiro atoms. The highest BCUT2D eigenvalue weighted by molar-refractivity contribution is 6.35. The second kappa shape index (κ2) is 8.50. The normalized spacial score (nSPS) is 10.0. The fourth-order valence-electron chi connectivity index (χ4n) is 1.93. The first-order chi connectivity index (χ1) is 11.9. The Bertz CT molecular complexity index is 807. The highest BCUT2D eigenvalue weighted by Gasteiger charge is 2.11. The van der Waals surface area contributed by atoms with Crippen LogP contribution in [0.15, 0.2) is 42.5 Å². The standard InChI is InChI=1S/C17H14Cl2N2O4/c1-25-17(24)11-4-2-10(3-5-11)16(23)20-9-15(22)21-14-8-12(18)6-7-13(14)19/h2-8H,9H2,1H3,(H,20,23)(H,21,22). The number of hydrogen-bond acceptors (Lipinski definition) is 4. The lowest BCUT2D eigenvalue weighted by Gasteiger charge is -2.09. The predicted octanol–water partition coefficient (Wildman–Crippen LogP) is 3.15. The summed E-state index contributed by atoms with van der Waals surface area (Å²) in [7, 11) is 1.27. The average molecular weight is 381 g/mol. The molecule has 0 saturated heterocycles. The molecule has 0 unspecified atom stereocenters. The number of nitrogens with one attached hydrogen (secondary N) is 2. The van der Waals surface area contributed by atoms with Crippen molar-refractivity contribution in [1.29, 1.82) is 0 Å². The van der Waals surface area contributed by atoms with Crippen molar-refractivity contribution >= 4 is 46.7 Å². The zero-order valence-corrected chi connectivity index (χ0v) is 14.6. The molecule has 2 N–H and O–H groups in total. The summed E-state index contributed by atoms with van der Waals surface area (Å²) in [5.41, 5.74) is 0.990.